The molecule has 8 heteroatoms. The molecule has 2 N–H and O–H groups in total. The van der Waals surface area contributed by atoms with Crippen molar-refractivity contribution in [3.8, 4) is 5.82 Å². The number of aryl methyl sites for hydroxylation is 1. The molecule has 0 saturated heterocycles. The molecular weight excluding hydrogens is 431 g/mol. The van der Waals surface area contributed by atoms with Crippen LogP contribution in [0.3, 0.4) is 0 Å². The summed E-state index contributed by atoms with van der Waals surface area (Å²) in [4.78, 5) is 12.9. The third-order valence-corrected chi connectivity index (χ3v) is 6.52. The van der Waals surface area contributed by atoms with Gasteiger partial charge in [0.2, 0.25) is 5.91 Å². The van der Waals surface area contributed by atoms with Crippen LogP contribution in [0, 0.1) is 26.6 Å². The van der Waals surface area contributed by atoms with E-state index in [1.807, 2.05) is 57.2 Å². The number of carbonyl (C=O) groups excluding carboxylic acids is 1. The molecule has 1 aliphatic carbocycles. The Morgan fingerprint density at radius 2 is 1.59 bits per heavy atom. The Bertz CT molecular complexity index is 1340. The number of aromatic nitrogens is 4. The van der Waals surface area contributed by atoms with Crippen LogP contribution in [0.5, 0.6) is 0 Å². The number of nitrogens with one attached hydrogen (secondary N) is 2. The molecule has 1 aliphatic rings. The minimum Gasteiger partial charge on any atom is -0.339 e. The topological polar surface area (TPSA) is 84.7 Å². The number of nitrogens with zero attached hydrogens (tertiary/aromatic N) is 4. The molecule has 2 aromatic heterocycles. The first-order valence-electron chi connectivity index (χ1n) is 11.2. The molecule has 1 fully saturated rings. The summed E-state index contributed by atoms with van der Waals surface area (Å²) in [6.07, 6.45) is 1.52. The molecule has 172 valence electrons. The summed E-state index contributed by atoms with van der Waals surface area (Å²) in [6.45, 7) is 6.02. The van der Waals surface area contributed by atoms with Gasteiger partial charge in [-0.2, -0.15) is 5.10 Å². The quantitative estimate of drug-likeness (QED) is 0.420. The van der Waals surface area contributed by atoms with Gasteiger partial charge in [0.15, 0.2) is 11.6 Å². The lowest BCUT2D eigenvalue weighted by Gasteiger charge is -2.16. The minimum atomic E-state index is -0.564. The number of halogens is 1. The maximum absolute atomic E-state index is 13.2. The van der Waals surface area contributed by atoms with Crippen molar-refractivity contribution >= 4 is 23.1 Å². The molecule has 1 amide bonds. The molecule has 34 heavy (non-hydrogen) atoms. The van der Waals surface area contributed by atoms with E-state index in [4.69, 9.17) is 0 Å². The molecule has 4 aromatic rings. The highest BCUT2D eigenvalue weighted by Crippen LogP contribution is 2.49. The van der Waals surface area contributed by atoms with Crippen LogP contribution in [0.1, 0.15) is 35.4 Å². The zero-order valence-electron chi connectivity index (χ0n) is 19.3. The molecule has 0 unspecified atom stereocenters. The van der Waals surface area contributed by atoms with Gasteiger partial charge < -0.3 is 10.6 Å². The van der Waals surface area contributed by atoms with Crippen LogP contribution in [-0.2, 0) is 10.2 Å². The van der Waals surface area contributed by atoms with E-state index in [1.165, 1.54) is 12.1 Å². The van der Waals surface area contributed by atoms with Crippen LogP contribution in [0.2, 0.25) is 0 Å². The second kappa shape index (κ2) is 8.37. The van der Waals surface area contributed by atoms with Crippen molar-refractivity contribution in [3.63, 3.8) is 0 Å². The summed E-state index contributed by atoms with van der Waals surface area (Å²) in [5.74, 6) is 0.893. The molecule has 0 aliphatic heterocycles. The molecular formula is C26H25FN6O. The first-order valence-corrected chi connectivity index (χ1v) is 11.2. The second-order valence-corrected chi connectivity index (χ2v) is 8.73. The number of benzene rings is 2. The zero-order valence-corrected chi connectivity index (χ0v) is 19.3. The average molecular weight is 457 g/mol. The Morgan fingerprint density at radius 3 is 2.15 bits per heavy atom. The number of hydrogen-bond donors (Lipinski definition) is 2. The Kier molecular flexibility index (Phi) is 5.36. The Balaban J connectivity index is 1.24. The van der Waals surface area contributed by atoms with E-state index in [9.17, 15) is 9.18 Å². The first-order chi connectivity index (χ1) is 16.4. The van der Waals surface area contributed by atoms with Crippen LogP contribution in [0.4, 0.5) is 21.6 Å². The predicted octanol–water partition coefficient (Wildman–Crippen LogP) is 5.14. The standard InChI is InChI=1S/C26H25FN6O/c1-16-17(2)32-33(18(16)3)24-13-12-23(30-31-24)28-21-8-10-22(11-9-21)29-25(34)26(14-15-26)19-4-6-20(27)7-5-19/h4-13H,14-15H2,1-3H3,(H,28,30)(H,29,34). The molecule has 2 heterocycles. The van der Waals surface area contributed by atoms with Gasteiger partial charge >= 0.3 is 0 Å². The number of amides is 1. The van der Waals surface area contributed by atoms with Crippen molar-refractivity contribution in [1.29, 1.82) is 0 Å². The highest BCUT2D eigenvalue weighted by atomic mass is 19.1. The summed E-state index contributed by atoms with van der Waals surface area (Å²) in [5.41, 5.74) is 4.96. The van der Waals surface area contributed by atoms with Gasteiger partial charge in [-0.25, -0.2) is 9.07 Å². The minimum absolute atomic E-state index is 0.0688. The molecule has 0 spiro atoms. The molecule has 1 saturated carbocycles. The zero-order chi connectivity index (χ0) is 23.9. The maximum Gasteiger partial charge on any atom is 0.235 e. The van der Waals surface area contributed by atoms with Gasteiger partial charge in [-0.1, -0.05) is 12.1 Å². The van der Waals surface area contributed by atoms with Gasteiger partial charge in [-0.3, -0.25) is 4.79 Å². The van der Waals surface area contributed by atoms with Gasteiger partial charge in [0.05, 0.1) is 11.1 Å². The lowest BCUT2D eigenvalue weighted by molar-refractivity contribution is -0.118. The monoisotopic (exact) mass is 456 g/mol. The van der Waals surface area contributed by atoms with E-state index in [2.05, 4.69) is 25.9 Å². The van der Waals surface area contributed by atoms with Crippen molar-refractivity contribution in [2.24, 2.45) is 0 Å². The SMILES string of the molecule is Cc1nn(-c2ccc(Nc3ccc(NC(=O)C4(c5ccc(F)cc5)CC4)cc3)nn2)c(C)c1C. The Labute approximate surface area is 197 Å². The van der Waals surface area contributed by atoms with E-state index in [0.29, 0.717) is 17.3 Å². The number of hydrogen-bond acceptors (Lipinski definition) is 5. The normalized spacial score (nSPS) is 14.0. The molecule has 0 radical (unpaired) electrons. The lowest BCUT2D eigenvalue weighted by atomic mass is 9.95. The number of carbonyl (C=O) groups is 1. The molecule has 5 rings (SSSR count). The molecule has 7 nitrogen and oxygen atoms in total. The van der Waals surface area contributed by atoms with Crippen LogP contribution in [0.25, 0.3) is 5.82 Å². The van der Waals surface area contributed by atoms with Crippen molar-refractivity contribution in [1.82, 2.24) is 20.0 Å². The van der Waals surface area contributed by atoms with Crippen molar-refractivity contribution in [2.75, 3.05) is 10.6 Å². The summed E-state index contributed by atoms with van der Waals surface area (Å²) in [7, 11) is 0. The highest BCUT2D eigenvalue weighted by Gasteiger charge is 2.51. The predicted molar refractivity (Wildman–Crippen MR) is 129 cm³/mol. The molecule has 2 aromatic carbocycles. The van der Waals surface area contributed by atoms with E-state index < -0.39 is 5.41 Å². The van der Waals surface area contributed by atoms with Crippen LogP contribution < -0.4 is 10.6 Å². The van der Waals surface area contributed by atoms with Gasteiger partial charge in [-0.15, -0.1) is 10.2 Å². The van der Waals surface area contributed by atoms with Crippen LogP contribution in [0.15, 0.2) is 60.7 Å². The molecule has 0 atom stereocenters. The highest BCUT2D eigenvalue weighted by molar-refractivity contribution is 6.01. The van der Waals surface area contributed by atoms with Crippen molar-refractivity contribution in [2.45, 2.75) is 39.0 Å². The number of anilines is 3. The van der Waals surface area contributed by atoms with E-state index >= 15 is 0 Å². The van der Waals surface area contributed by atoms with Gasteiger partial charge in [0.1, 0.15) is 5.82 Å². The summed E-state index contributed by atoms with van der Waals surface area (Å²) in [6, 6.07) is 17.3. The summed E-state index contributed by atoms with van der Waals surface area (Å²) < 4.78 is 15.0. The van der Waals surface area contributed by atoms with Gasteiger partial charge in [0, 0.05) is 17.1 Å². The Hall–Kier alpha value is -4.07. The Morgan fingerprint density at radius 1 is 0.912 bits per heavy atom. The third kappa shape index (κ3) is 4.03. The molecule has 0 bridgehead atoms. The average Bonchev–Trinajstić information content (AvgIpc) is 3.61. The van der Waals surface area contributed by atoms with Crippen molar-refractivity contribution in [3.05, 3.63) is 89.0 Å². The van der Waals surface area contributed by atoms with Gasteiger partial charge in [-0.05, 0) is 93.3 Å². The summed E-state index contributed by atoms with van der Waals surface area (Å²) >= 11 is 0. The smallest absolute Gasteiger partial charge is 0.235 e. The first kappa shape index (κ1) is 21.8. The van der Waals surface area contributed by atoms with Crippen LogP contribution >= 0.6 is 0 Å². The summed E-state index contributed by atoms with van der Waals surface area (Å²) in [5, 5.41) is 19.3. The second-order valence-electron chi connectivity index (χ2n) is 8.73. The lowest BCUT2D eigenvalue weighted by Crippen LogP contribution is -2.27. The third-order valence-electron chi connectivity index (χ3n) is 6.52. The number of rotatable bonds is 6. The van der Waals surface area contributed by atoms with Crippen molar-refractivity contribution < 1.29 is 9.18 Å². The van der Waals surface area contributed by atoms with Crippen LogP contribution in [-0.4, -0.2) is 25.9 Å². The fourth-order valence-electron chi connectivity index (χ4n) is 4.02. The van der Waals surface area contributed by atoms with E-state index in [0.717, 1.165) is 41.0 Å². The largest absolute Gasteiger partial charge is 0.339 e. The maximum atomic E-state index is 13.2. The van der Waals surface area contributed by atoms with E-state index in [1.54, 1.807) is 16.8 Å². The fraction of sp³-hybridized carbons (Fsp3) is 0.231. The van der Waals surface area contributed by atoms with Gasteiger partial charge in [0.25, 0.3) is 0 Å². The fourth-order valence-corrected chi connectivity index (χ4v) is 4.02. The van der Waals surface area contributed by atoms with E-state index in [-0.39, 0.29) is 11.7 Å².